The Morgan fingerprint density at radius 1 is 1.22 bits per heavy atom. The molecular weight excluding hydrogens is 288 g/mol. The summed E-state index contributed by atoms with van der Waals surface area (Å²) < 4.78 is 5.44. The number of ether oxygens (including phenoxy) is 1. The van der Waals surface area contributed by atoms with E-state index in [1.807, 2.05) is 55.5 Å². The van der Waals surface area contributed by atoms with Gasteiger partial charge in [-0.25, -0.2) is 5.43 Å². The van der Waals surface area contributed by atoms with Gasteiger partial charge in [-0.3, -0.25) is 4.79 Å². The van der Waals surface area contributed by atoms with E-state index in [0.29, 0.717) is 11.7 Å². The van der Waals surface area contributed by atoms with Crippen LogP contribution in [-0.2, 0) is 4.79 Å². The molecule has 4 heteroatoms. The predicted molar refractivity (Wildman–Crippen MR) is 92.9 cm³/mol. The van der Waals surface area contributed by atoms with Gasteiger partial charge in [0.15, 0.2) is 6.61 Å². The molecule has 23 heavy (non-hydrogen) atoms. The lowest BCUT2D eigenvalue weighted by molar-refractivity contribution is -0.123. The second kappa shape index (κ2) is 8.13. The molecule has 0 saturated carbocycles. The van der Waals surface area contributed by atoms with Crippen LogP contribution in [0.15, 0.2) is 53.6 Å². The van der Waals surface area contributed by atoms with Crippen LogP contribution in [0.4, 0.5) is 0 Å². The molecule has 0 spiro atoms. The van der Waals surface area contributed by atoms with E-state index in [4.69, 9.17) is 4.74 Å². The number of amides is 1. The predicted octanol–water partition coefficient (Wildman–Crippen LogP) is 3.65. The Balaban J connectivity index is 1.78. The average molecular weight is 310 g/mol. The van der Waals surface area contributed by atoms with E-state index < -0.39 is 0 Å². The number of nitrogens with one attached hydrogen (secondary N) is 1. The SMILES string of the molecule is Cc1cccc(/C=N/NC(=O)COc2ccc(C(C)C)cc2)c1. The van der Waals surface area contributed by atoms with Gasteiger partial charge in [0.1, 0.15) is 5.75 Å². The minimum Gasteiger partial charge on any atom is -0.484 e. The molecule has 1 N–H and O–H groups in total. The normalized spacial score (nSPS) is 11.0. The van der Waals surface area contributed by atoms with Crippen LogP contribution in [0.2, 0.25) is 0 Å². The highest BCUT2D eigenvalue weighted by Gasteiger charge is 2.03. The summed E-state index contributed by atoms with van der Waals surface area (Å²) in [6.45, 7) is 6.21. The molecule has 2 aromatic rings. The number of nitrogens with zero attached hydrogens (tertiary/aromatic N) is 1. The minimum absolute atomic E-state index is 0.0633. The van der Waals surface area contributed by atoms with Gasteiger partial charge >= 0.3 is 0 Å². The standard InChI is InChI=1S/C19H22N2O2/c1-14(2)17-7-9-18(10-8-17)23-13-19(22)21-20-12-16-6-4-5-15(3)11-16/h4-12,14H,13H2,1-3H3,(H,21,22)/b20-12+. The zero-order valence-corrected chi connectivity index (χ0v) is 13.7. The molecule has 0 saturated heterocycles. The monoisotopic (exact) mass is 310 g/mol. The summed E-state index contributed by atoms with van der Waals surface area (Å²) in [5, 5.41) is 3.93. The molecule has 4 nitrogen and oxygen atoms in total. The summed E-state index contributed by atoms with van der Waals surface area (Å²) in [4.78, 5) is 11.7. The van der Waals surface area contributed by atoms with Crippen molar-refractivity contribution in [2.45, 2.75) is 26.7 Å². The van der Waals surface area contributed by atoms with Gasteiger partial charge < -0.3 is 4.74 Å². The molecule has 0 radical (unpaired) electrons. The van der Waals surface area contributed by atoms with Crippen molar-refractivity contribution in [2.24, 2.45) is 5.10 Å². The Bertz CT molecular complexity index is 676. The van der Waals surface area contributed by atoms with Gasteiger partial charge in [0, 0.05) is 0 Å². The van der Waals surface area contributed by atoms with Gasteiger partial charge in [0.25, 0.3) is 5.91 Å². The Labute approximate surface area is 137 Å². The minimum atomic E-state index is -0.290. The highest BCUT2D eigenvalue weighted by molar-refractivity contribution is 5.83. The number of carbonyl (C=O) groups excluding carboxylic acids is 1. The molecule has 0 aliphatic heterocycles. The van der Waals surface area contributed by atoms with Crippen LogP contribution in [0.1, 0.15) is 36.5 Å². The third-order valence-electron chi connectivity index (χ3n) is 3.36. The molecule has 0 unspecified atom stereocenters. The molecule has 0 aliphatic rings. The maximum absolute atomic E-state index is 11.7. The van der Waals surface area contributed by atoms with Gasteiger partial charge in [0.2, 0.25) is 0 Å². The molecule has 120 valence electrons. The van der Waals surface area contributed by atoms with Crippen LogP contribution in [-0.4, -0.2) is 18.7 Å². The Kier molecular flexibility index (Phi) is 5.92. The van der Waals surface area contributed by atoms with Gasteiger partial charge in [-0.2, -0.15) is 5.10 Å². The van der Waals surface area contributed by atoms with Crippen LogP contribution in [0.3, 0.4) is 0 Å². The van der Waals surface area contributed by atoms with E-state index in [9.17, 15) is 4.79 Å². The Morgan fingerprint density at radius 2 is 1.96 bits per heavy atom. The van der Waals surface area contributed by atoms with Gasteiger partial charge in [-0.05, 0) is 36.1 Å². The van der Waals surface area contributed by atoms with Crippen molar-refractivity contribution in [1.29, 1.82) is 0 Å². The van der Waals surface area contributed by atoms with Crippen molar-refractivity contribution in [1.82, 2.24) is 5.43 Å². The summed E-state index contributed by atoms with van der Waals surface area (Å²) in [5.74, 6) is 0.859. The molecule has 0 aliphatic carbocycles. The largest absolute Gasteiger partial charge is 0.484 e. The molecule has 0 atom stereocenters. The van der Waals surface area contributed by atoms with Crippen molar-refractivity contribution >= 4 is 12.1 Å². The van der Waals surface area contributed by atoms with Crippen molar-refractivity contribution in [3.05, 3.63) is 65.2 Å². The molecule has 2 rings (SSSR count). The maximum Gasteiger partial charge on any atom is 0.277 e. The molecule has 0 fully saturated rings. The number of aryl methyl sites for hydroxylation is 1. The van der Waals surface area contributed by atoms with Crippen molar-refractivity contribution in [3.8, 4) is 5.75 Å². The third-order valence-corrected chi connectivity index (χ3v) is 3.36. The van der Waals surface area contributed by atoms with E-state index in [2.05, 4.69) is 24.4 Å². The second-order valence-electron chi connectivity index (χ2n) is 5.72. The summed E-state index contributed by atoms with van der Waals surface area (Å²) in [6, 6.07) is 15.6. The summed E-state index contributed by atoms with van der Waals surface area (Å²) >= 11 is 0. The summed E-state index contributed by atoms with van der Waals surface area (Å²) in [6.07, 6.45) is 1.61. The molecule has 1 amide bonds. The summed E-state index contributed by atoms with van der Waals surface area (Å²) in [5.41, 5.74) is 5.78. The Morgan fingerprint density at radius 3 is 2.61 bits per heavy atom. The fourth-order valence-corrected chi connectivity index (χ4v) is 2.06. The number of hydrogen-bond donors (Lipinski definition) is 1. The number of hydrazone groups is 1. The highest BCUT2D eigenvalue weighted by atomic mass is 16.5. The number of carbonyl (C=O) groups is 1. The first-order valence-electron chi connectivity index (χ1n) is 7.66. The number of hydrogen-bond acceptors (Lipinski definition) is 3. The number of rotatable bonds is 6. The molecule has 2 aromatic carbocycles. The van der Waals surface area contributed by atoms with Crippen LogP contribution >= 0.6 is 0 Å². The molecule has 0 aromatic heterocycles. The maximum atomic E-state index is 11.7. The number of benzene rings is 2. The zero-order chi connectivity index (χ0) is 16.7. The Hall–Kier alpha value is -2.62. The molecule has 0 heterocycles. The van der Waals surface area contributed by atoms with Gasteiger partial charge in [-0.1, -0.05) is 55.8 Å². The van der Waals surface area contributed by atoms with Gasteiger partial charge in [0.05, 0.1) is 6.21 Å². The molecule has 0 bridgehead atoms. The van der Waals surface area contributed by atoms with Gasteiger partial charge in [-0.15, -0.1) is 0 Å². The van der Waals surface area contributed by atoms with Crippen LogP contribution in [0, 0.1) is 6.92 Å². The van der Waals surface area contributed by atoms with E-state index in [-0.39, 0.29) is 12.5 Å². The lowest BCUT2D eigenvalue weighted by atomic mass is 10.0. The quantitative estimate of drug-likeness (QED) is 0.654. The average Bonchev–Trinajstić information content (AvgIpc) is 2.53. The zero-order valence-electron chi connectivity index (χ0n) is 13.7. The highest BCUT2D eigenvalue weighted by Crippen LogP contribution is 2.18. The smallest absolute Gasteiger partial charge is 0.277 e. The fraction of sp³-hybridized carbons (Fsp3) is 0.263. The summed E-state index contributed by atoms with van der Waals surface area (Å²) in [7, 11) is 0. The first kappa shape index (κ1) is 16.7. The van der Waals surface area contributed by atoms with Crippen molar-refractivity contribution in [2.75, 3.05) is 6.61 Å². The lowest BCUT2D eigenvalue weighted by Crippen LogP contribution is -2.24. The van der Waals surface area contributed by atoms with Crippen molar-refractivity contribution in [3.63, 3.8) is 0 Å². The third kappa shape index (κ3) is 5.58. The molecular formula is C19H22N2O2. The van der Waals surface area contributed by atoms with E-state index >= 15 is 0 Å². The van der Waals surface area contributed by atoms with Crippen molar-refractivity contribution < 1.29 is 9.53 Å². The second-order valence-corrected chi connectivity index (χ2v) is 5.72. The first-order chi connectivity index (χ1) is 11.0. The fourth-order valence-electron chi connectivity index (χ4n) is 2.06. The van der Waals surface area contributed by atoms with E-state index in [1.54, 1.807) is 6.21 Å². The first-order valence-corrected chi connectivity index (χ1v) is 7.66. The lowest BCUT2D eigenvalue weighted by Gasteiger charge is -2.08. The van der Waals surface area contributed by atoms with Crippen LogP contribution < -0.4 is 10.2 Å². The van der Waals surface area contributed by atoms with Crippen LogP contribution in [0.25, 0.3) is 0 Å². The van der Waals surface area contributed by atoms with E-state index in [0.717, 1.165) is 11.1 Å². The van der Waals surface area contributed by atoms with Crippen LogP contribution in [0.5, 0.6) is 5.75 Å². The van der Waals surface area contributed by atoms with E-state index in [1.165, 1.54) is 5.56 Å². The topological polar surface area (TPSA) is 50.7 Å².